The highest BCUT2D eigenvalue weighted by Crippen LogP contribution is 2.11. The van der Waals surface area contributed by atoms with Crippen molar-refractivity contribution in [2.24, 2.45) is 0 Å². The van der Waals surface area contributed by atoms with Crippen molar-refractivity contribution in [3.63, 3.8) is 0 Å². The van der Waals surface area contributed by atoms with Gasteiger partial charge in [-0.25, -0.2) is 0 Å². The number of carbonyl (C=O) groups is 1. The average Bonchev–Trinajstić information content (AvgIpc) is 2.46. The Kier molecular flexibility index (Phi) is 4.11. The summed E-state index contributed by atoms with van der Waals surface area (Å²) in [6.45, 7) is 4.48. The van der Waals surface area contributed by atoms with E-state index in [0.29, 0.717) is 17.7 Å². The minimum absolute atomic E-state index is 0.283. The second-order valence-electron chi connectivity index (χ2n) is 4.65. The van der Waals surface area contributed by atoms with E-state index in [1.165, 1.54) is 24.0 Å². The number of benzene rings is 1. The summed E-state index contributed by atoms with van der Waals surface area (Å²) in [4.78, 5) is 16.0. The largest absolute Gasteiger partial charge is 0.348 e. The van der Waals surface area contributed by atoms with E-state index in [4.69, 9.17) is 5.26 Å². The second kappa shape index (κ2) is 5.98. The Morgan fingerprint density at radius 1 is 1.35 bits per heavy atom. The summed E-state index contributed by atoms with van der Waals surface area (Å²) >= 11 is 0. The summed E-state index contributed by atoms with van der Waals surface area (Å²) in [6, 6.07) is 9.61. The SMILES string of the molecule is Cc1ccc(CNC(=O)c2cnccc2C#N)c(C)c1. The zero-order valence-corrected chi connectivity index (χ0v) is 11.5. The lowest BCUT2D eigenvalue weighted by Crippen LogP contribution is -2.24. The number of amides is 1. The molecule has 100 valence electrons. The summed E-state index contributed by atoms with van der Waals surface area (Å²) in [5, 5.41) is 11.8. The third-order valence-corrected chi connectivity index (χ3v) is 3.12. The number of pyridine rings is 1. The third-order valence-electron chi connectivity index (χ3n) is 3.12. The highest BCUT2D eigenvalue weighted by atomic mass is 16.1. The molecule has 1 aromatic carbocycles. The quantitative estimate of drug-likeness (QED) is 0.927. The maximum Gasteiger partial charge on any atom is 0.254 e. The standard InChI is InChI=1S/C16H15N3O/c1-11-3-4-14(12(2)7-11)9-19-16(20)15-10-18-6-5-13(15)8-17/h3-7,10H,9H2,1-2H3,(H,19,20). The molecule has 0 bridgehead atoms. The molecule has 1 aromatic heterocycles. The number of aryl methyl sites for hydroxylation is 2. The van der Waals surface area contributed by atoms with Gasteiger partial charge in [0, 0.05) is 18.9 Å². The summed E-state index contributed by atoms with van der Waals surface area (Å²) in [5.74, 6) is -0.283. The van der Waals surface area contributed by atoms with Crippen LogP contribution in [0, 0.1) is 25.2 Å². The Bertz CT molecular complexity index is 686. The minimum Gasteiger partial charge on any atom is -0.348 e. The molecule has 4 heteroatoms. The number of nitrogens with one attached hydrogen (secondary N) is 1. The molecule has 0 fully saturated rings. The van der Waals surface area contributed by atoms with Crippen molar-refractivity contribution >= 4 is 5.91 Å². The number of nitrogens with zero attached hydrogens (tertiary/aromatic N) is 2. The molecule has 1 N–H and O–H groups in total. The first kappa shape index (κ1) is 13.8. The van der Waals surface area contributed by atoms with Crippen LogP contribution in [-0.2, 0) is 6.54 Å². The van der Waals surface area contributed by atoms with Crippen LogP contribution < -0.4 is 5.32 Å². The van der Waals surface area contributed by atoms with Crippen LogP contribution in [0.15, 0.2) is 36.7 Å². The van der Waals surface area contributed by atoms with E-state index in [9.17, 15) is 4.79 Å². The van der Waals surface area contributed by atoms with Gasteiger partial charge in [-0.1, -0.05) is 23.8 Å². The van der Waals surface area contributed by atoms with Crippen LogP contribution >= 0.6 is 0 Å². The molecule has 0 radical (unpaired) electrons. The normalized spacial score (nSPS) is 9.85. The average molecular weight is 265 g/mol. The Hall–Kier alpha value is -2.67. The lowest BCUT2D eigenvalue weighted by Gasteiger charge is -2.09. The predicted octanol–water partition coefficient (Wildman–Crippen LogP) is 2.50. The van der Waals surface area contributed by atoms with Crippen LogP contribution in [0.1, 0.15) is 32.6 Å². The number of nitriles is 1. The van der Waals surface area contributed by atoms with Crippen molar-refractivity contribution in [3.8, 4) is 6.07 Å². The second-order valence-corrected chi connectivity index (χ2v) is 4.65. The van der Waals surface area contributed by atoms with Gasteiger partial charge in [-0.2, -0.15) is 5.26 Å². The number of aromatic nitrogens is 1. The molecule has 0 saturated heterocycles. The topological polar surface area (TPSA) is 65.8 Å². The smallest absolute Gasteiger partial charge is 0.254 e. The molecule has 0 aliphatic carbocycles. The number of hydrogen-bond donors (Lipinski definition) is 1. The molecule has 0 aliphatic heterocycles. The van der Waals surface area contributed by atoms with Crippen molar-refractivity contribution in [3.05, 3.63) is 64.5 Å². The number of rotatable bonds is 3. The van der Waals surface area contributed by atoms with Gasteiger partial charge in [0.2, 0.25) is 0 Å². The van der Waals surface area contributed by atoms with E-state index in [-0.39, 0.29) is 5.91 Å². The van der Waals surface area contributed by atoms with Gasteiger partial charge in [-0.05, 0) is 31.0 Å². The summed E-state index contributed by atoms with van der Waals surface area (Å²) in [6.07, 6.45) is 2.91. The predicted molar refractivity (Wildman–Crippen MR) is 76.0 cm³/mol. The lowest BCUT2D eigenvalue weighted by molar-refractivity contribution is 0.0950. The molecule has 2 aromatic rings. The molecule has 0 unspecified atom stereocenters. The van der Waals surface area contributed by atoms with Crippen molar-refractivity contribution in [2.75, 3.05) is 0 Å². The van der Waals surface area contributed by atoms with E-state index in [1.54, 1.807) is 0 Å². The third kappa shape index (κ3) is 3.01. The molecule has 1 heterocycles. The van der Waals surface area contributed by atoms with Gasteiger partial charge < -0.3 is 5.32 Å². The maximum atomic E-state index is 12.1. The molecule has 0 spiro atoms. The molecule has 0 aliphatic rings. The fraction of sp³-hybridized carbons (Fsp3) is 0.188. The van der Waals surface area contributed by atoms with Crippen molar-refractivity contribution < 1.29 is 4.79 Å². The molecule has 2 rings (SSSR count). The van der Waals surface area contributed by atoms with Crippen molar-refractivity contribution in [1.82, 2.24) is 10.3 Å². The molecular formula is C16H15N3O. The highest BCUT2D eigenvalue weighted by Gasteiger charge is 2.11. The summed E-state index contributed by atoms with van der Waals surface area (Å²) < 4.78 is 0. The molecule has 1 amide bonds. The Balaban J connectivity index is 2.11. The van der Waals surface area contributed by atoms with E-state index in [0.717, 1.165) is 11.1 Å². The maximum absolute atomic E-state index is 12.1. The van der Waals surface area contributed by atoms with Gasteiger partial charge in [0.25, 0.3) is 5.91 Å². The fourth-order valence-corrected chi connectivity index (χ4v) is 1.99. The Morgan fingerprint density at radius 3 is 2.85 bits per heavy atom. The lowest BCUT2D eigenvalue weighted by atomic mass is 10.1. The van der Waals surface area contributed by atoms with Crippen molar-refractivity contribution in [1.29, 1.82) is 5.26 Å². The van der Waals surface area contributed by atoms with Crippen LogP contribution in [-0.4, -0.2) is 10.9 Å². The van der Waals surface area contributed by atoms with Gasteiger partial charge in [0.05, 0.1) is 11.1 Å². The van der Waals surface area contributed by atoms with Crippen molar-refractivity contribution in [2.45, 2.75) is 20.4 Å². The minimum atomic E-state index is -0.283. The van der Waals surface area contributed by atoms with E-state index in [1.807, 2.05) is 32.0 Å². The number of hydrogen-bond acceptors (Lipinski definition) is 3. The fourth-order valence-electron chi connectivity index (χ4n) is 1.99. The summed E-state index contributed by atoms with van der Waals surface area (Å²) in [5.41, 5.74) is 4.03. The monoisotopic (exact) mass is 265 g/mol. The van der Waals surface area contributed by atoms with Crippen LogP contribution in [0.2, 0.25) is 0 Å². The van der Waals surface area contributed by atoms with Gasteiger partial charge in [0.15, 0.2) is 0 Å². The van der Waals surface area contributed by atoms with E-state index >= 15 is 0 Å². The first-order valence-corrected chi connectivity index (χ1v) is 6.30. The van der Waals surface area contributed by atoms with E-state index < -0.39 is 0 Å². The highest BCUT2D eigenvalue weighted by molar-refractivity contribution is 5.96. The molecular weight excluding hydrogens is 250 g/mol. The van der Waals surface area contributed by atoms with Crippen LogP contribution in [0.5, 0.6) is 0 Å². The first-order valence-electron chi connectivity index (χ1n) is 6.30. The van der Waals surface area contributed by atoms with Gasteiger partial charge >= 0.3 is 0 Å². The van der Waals surface area contributed by atoms with Gasteiger partial charge in [-0.3, -0.25) is 9.78 Å². The molecule has 0 saturated carbocycles. The Morgan fingerprint density at radius 2 is 2.15 bits per heavy atom. The molecule has 4 nitrogen and oxygen atoms in total. The summed E-state index contributed by atoms with van der Waals surface area (Å²) in [7, 11) is 0. The van der Waals surface area contributed by atoms with Crippen LogP contribution in [0.25, 0.3) is 0 Å². The van der Waals surface area contributed by atoms with Crippen LogP contribution in [0.3, 0.4) is 0 Å². The zero-order chi connectivity index (χ0) is 14.5. The Labute approximate surface area is 118 Å². The van der Waals surface area contributed by atoms with Gasteiger partial charge in [0.1, 0.15) is 6.07 Å². The molecule has 20 heavy (non-hydrogen) atoms. The van der Waals surface area contributed by atoms with Crippen LogP contribution in [0.4, 0.5) is 0 Å². The first-order chi connectivity index (χ1) is 9.61. The number of carbonyl (C=O) groups excluding carboxylic acids is 1. The van der Waals surface area contributed by atoms with E-state index in [2.05, 4.69) is 16.4 Å². The zero-order valence-electron chi connectivity index (χ0n) is 11.5. The molecule has 0 atom stereocenters. The van der Waals surface area contributed by atoms with Gasteiger partial charge in [-0.15, -0.1) is 0 Å².